The molecule has 5 nitrogen and oxygen atoms in total. The molecule has 23 heavy (non-hydrogen) atoms. The van der Waals surface area contributed by atoms with Crippen molar-refractivity contribution in [1.29, 1.82) is 0 Å². The first-order valence-electron chi connectivity index (χ1n) is 6.87. The molecule has 0 saturated heterocycles. The lowest BCUT2D eigenvalue weighted by atomic mass is 10.0. The van der Waals surface area contributed by atoms with Gasteiger partial charge in [-0.05, 0) is 30.7 Å². The number of ether oxygens (including phenoxy) is 2. The fraction of sp³-hybridized carbons (Fsp3) is 0.176. The maximum absolute atomic E-state index is 12.4. The molecule has 0 aliphatic carbocycles. The number of aromatic nitrogens is 1. The molecular weight excluding hydrogens is 316 g/mol. The summed E-state index contributed by atoms with van der Waals surface area (Å²) in [5.74, 6) is 1.19. The largest absolute Gasteiger partial charge is 0.493 e. The number of carbonyl (C=O) groups is 1. The summed E-state index contributed by atoms with van der Waals surface area (Å²) in [5.41, 5.74) is 1.26. The van der Waals surface area contributed by atoms with Crippen molar-refractivity contribution in [2.75, 3.05) is 19.5 Å². The van der Waals surface area contributed by atoms with Crippen LogP contribution in [0.25, 0.3) is 0 Å². The van der Waals surface area contributed by atoms with Crippen LogP contribution in [0.4, 0.5) is 5.82 Å². The number of amides is 1. The van der Waals surface area contributed by atoms with Crippen LogP contribution >= 0.6 is 11.6 Å². The molecule has 0 aliphatic rings. The highest BCUT2D eigenvalue weighted by Crippen LogP contribution is 2.33. The van der Waals surface area contributed by atoms with Crippen LogP contribution in [0.3, 0.4) is 0 Å². The fourth-order valence-electron chi connectivity index (χ4n) is 2.12. The van der Waals surface area contributed by atoms with Crippen molar-refractivity contribution >= 4 is 23.3 Å². The first kappa shape index (κ1) is 16.8. The topological polar surface area (TPSA) is 60.5 Å². The number of pyridine rings is 1. The monoisotopic (exact) mass is 332 g/mol. The van der Waals surface area contributed by atoms with Crippen LogP contribution in [0, 0.1) is 0 Å². The van der Waals surface area contributed by atoms with Crippen molar-refractivity contribution in [2.24, 2.45) is 0 Å². The average Bonchev–Trinajstić information content (AvgIpc) is 2.56. The van der Waals surface area contributed by atoms with Gasteiger partial charge in [-0.25, -0.2) is 4.98 Å². The minimum atomic E-state index is -0.300. The normalized spacial score (nSPS) is 10.0. The van der Waals surface area contributed by atoms with Gasteiger partial charge in [-0.2, -0.15) is 0 Å². The number of carbonyl (C=O) groups excluding carboxylic acids is 1. The summed E-state index contributed by atoms with van der Waals surface area (Å²) in [7, 11) is 3.08. The van der Waals surface area contributed by atoms with Crippen molar-refractivity contribution in [2.45, 2.75) is 6.42 Å². The van der Waals surface area contributed by atoms with E-state index >= 15 is 0 Å². The molecular formula is C17H17ClN2O3. The van der Waals surface area contributed by atoms with Gasteiger partial charge < -0.3 is 14.8 Å². The number of allylic oxidation sites excluding steroid dienone is 1. The molecule has 0 radical (unpaired) electrons. The van der Waals surface area contributed by atoms with E-state index in [2.05, 4.69) is 16.9 Å². The van der Waals surface area contributed by atoms with Gasteiger partial charge in [-0.3, -0.25) is 4.79 Å². The molecule has 1 aromatic carbocycles. The number of rotatable bonds is 6. The Bertz CT molecular complexity index is 715. The molecule has 0 spiro atoms. The molecule has 0 unspecified atom stereocenters. The van der Waals surface area contributed by atoms with Gasteiger partial charge >= 0.3 is 0 Å². The average molecular weight is 333 g/mol. The number of benzene rings is 1. The van der Waals surface area contributed by atoms with Crippen LogP contribution < -0.4 is 14.8 Å². The fourth-order valence-corrected chi connectivity index (χ4v) is 2.23. The van der Waals surface area contributed by atoms with E-state index in [-0.39, 0.29) is 5.91 Å². The van der Waals surface area contributed by atoms with Gasteiger partial charge in [-0.1, -0.05) is 17.7 Å². The number of anilines is 1. The van der Waals surface area contributed by atoms with E-state index in [9.17, 15) is 4.79 Å². The summed E-state index contributed by atoms with van der Waals surface area (Å²) in [6.45, 7) is 3.72. The van der Waals surface area contributed by atoms with Gasteiger partial charge in [0.1, 0.15) is 5.82 Å². The highest BCUT2D eigenvalue weighted by Gasteiger charge is 2.16. The summed E-state index contributed by atoms with van der Waals surface area (Å²) < 4.78 is 10.7. The van der Waals surface area contributed by atoms with Crippen LogP contribution in [-0.4, -0.2) is 25.1 Å². The minimum Gasteiger partial charge on any atom is -0.493 e. The van der Waals surface area contributed by atoms with Crippen molar-refractivity contribution < 1.29 is 14.3 Å². The Morgan fingerprint density at radius 1 is 1.35 bits per heavy atom. The van der Waals surface area contributed by atoms with E-state index in [0.29, 0.717) is 34.3 Å². The number of hydrogen-bond donors (Lipinski definition) is 1. The lowest BCUT2D eigenvalue weighted by Gasteiger charge is -2.14. The van der Waals surface area contributed by atoms with Crippen LogP contribution in [0.15, 0.2) is 43.1 Å². The van der Waals surface area contributed by atoms with E-state index in [1.54, 1.807) is 37.5 Å². The Morgan fingerprint density at radius 2 is 2.13 bits per heavy atom. The van der Waals surface area contributed by atoms with Crippen LogP contribution in [-0.2, 0) is 6.42 Å². The number of hydrogen-bond acceptors (Lipinski definition) is 4. The predicted octanol–water partition coefficient (Wildman–Crippen LogP) is 3.73. The summed E-state index contributed by atoms with van der Waals surface area (Å²) in [6, 6.07) is 6.65. The lowest BCUT2D eigenvalue weighted by Crippen LogP contribution is -2.13. The van der Waals surface area contributed by atoms with E-state index in [1.807, 2.05) is 0 Å². The standard InChI is InChI=1S/C17H17ClN2O3/c1-4-5-11-8-12(9-14(22-2)16(11)23-3)17(21)20-15-7-6-13(18)10-19-15/h4,6-10H,1,5H2,2-3H3,(H,19,20,21). The van der Waals surface area contributed by atoms with E-state index in [0.717, 1.165) is 5.56 Å². The highest BCUT2D eigenvalue weighted by molar-refractivity contribution is 6.30. The van der Waals surface area contributed by atoms with Gasteiger partial charge in [0.05, 0.1) is 19.2 Å². The second-order valence-electron chi connectivity index (χ2n) is 4.68. The number of methoxy groups -OCH3 is 2. The molecule has 2 aromatic rings. The third-order valence-corrected chi connectivity index (χ3v) is 3.37. The molecule has 1 heterocycles. The third-order valence-electron chi connectivity index (χ3n) is 3.15. The van der Waals surface area contributed by atoms with Crippen molar-refractivity contribution in [3.63, 3.8) is 0 Å². The van der Waals surface area contributed by atoms with E-state index in [4.69, 9.17) is 21.1 Å². The summed E-state index contributed by atoms with van der Waals surface area (Å²) in [4.78, 5) is 16.5. The minimum absolute atomic E-state index is 0.300. The SMILES string of the molecule is C=CCc1cc(C(=O)Nc2ccc(Cl)cn2)cc(OC)c1OC. The van der Waals surface area contributed by atoms with E-state index < -0.39 is 0 Å². The number of nitrogens with one attached hydrogen (secondary N) is 1. The summed E-state index contributed by atoms with van der Waals surface area (Å²) in [5, 5.41) is 3.21. The molecule has 6 heteroatoms. The Balaban J connectivity index is 2.33. The summed E-state index contributed by atoms with van der Waals surface area (Å²) in [6.07, 6.45) is 3.76. The number of nitrogens with zero attached hydrogens (tertiary/aromatic N) is 1. The molecule has 1 aromatic heterocycles. The van der Waals surface area contributed by atoms with Crippen molar-refractivity contribution in [3.05, 3.63) is 59.3 Å². The predicted molar refractivity (Wildman–Crippen MR) is 90.6 cm³/mol. The van der Waals surface area contributed by atoms with Crippen LogP contribution in [0.1, 0.15) is 15.9 Å². The maximum atomic E-state index is 12.4. The van der Waals surface area contributed by atoms with Crippen LogP contribution in [0.2, 0.25) is 5.02 Å². The van der Waals surface area contributed by atoms with Gasteiger partial charge in [-0.15, -0.1) is 6.58 Å². The highest BCUT2D eigenvalue weighted by atomic mass is 35.5. The molecule has 0 saturated carbocycles. The molecule has 120 valence electrons. The molecule has 0 bridgehead atoms. The quantitative estimate of drug-likeness (QED) is 0.819. The Kier molecular flexibility index (Phi) is 5.60. The van der Waals surface area contributed by atoms with Gasteiger partial charge in [0.25, 0.3) is 5.91 Å². The van der Waals surface area contributed by atoms with Gasteiger partial charge in [0.15, 0.2) is 11.5 Å². The molecule has 0 atom stereocenters. The zero-order chi connectivity index (χ0) is 16.8. The van der Waals surface area contributed by atoms with Crippen LogP contribution in [0.5, 0.6) is 11.5 Å². The first-order valence-corrected chi connectivity index (χ1v) is 7.25. The Hall–Kier alpha value is -2.53. The molecule has 1 amide bonds. The smallest absolute Gasteiger partial charge is 0.256 e. The second kappa shape index (κ2) is 7.65. The maximum Gasteiger partial charge on any atom is 0.256 e. The third kappa shape index (κ3) is 4.02. The Labute approximate surface area is 139 Å². The van der Waals surface area contributed by atoms with E-state index in [1.165, 1.54) is 13.3 Å². The number of halogens is 1. The second-order valence-corrected chi connectivity index (χ2v) is 5.12. The van der Waals surface area contributed by atoms with Crippen molar-refractivity contribution in [1.82, 2.24) is 4.98 Å². The zero-order valence-corrected chi connectivity index (χ0v) is 13.7. The van der Waals surface area contributed by atoms with Crippen molar-refractivity contribution in [3.8, 4) is 11.5 Å². The molecule has 1 N–H and O–H groups in total. The zero-order valence-electron chi connectivity index (χ0n) is 12.9. The van der Waals surface area contributed by atoms with Gasteiger partial charge in [0, 0.05) is 17.3 Å². The van der Waals surface area contributed by atoms with Gasteiger partial charge in [0.2, 0.25) is 0 Å². The summed E-state index contributed by atoms with van der Waals surface area (Å²) >= 11 is 5.78. The molecule has 0 fully saturated rings. The first-order chi connectivity index (χ1) is 11.1. The Morgan fingerprint density at radius 3 is 2.70 bits per heavy atom. The molecule has 2 rings (SSSR count). The lowest BCUT2D eigenvalue weighted by molar-refractivity contribution is 0.102. The molecule has 0 aliphatic heterocycles.